The molecule has 0 aliphatic carbocycles. The third kappa shape index (κ3) is 3.47. The second-order valence-electron chi connectivity index (χ2n) is 7.64. The summed E-state index contributed by atoms with van der Waals surface area (Å²) in [5.74, 6) is 0.658. The van der Waals surface area contributed by atoms with Crippen LogP contribution in [0.15, 0.2) is 61.1 Å². The Bertz CT molecular complexity index is 1160. The average molecular weight is 402 g/mol. The number of fused-ring (bicyclic) bond motifs is 1. The van der Waals surface area contributed by atoms with E-state index in [2.05, 4.69) is 56.1 Å². The Balaban J connectivity index is 1.36. The fraction of sp³-hybridized carbons (Fsp3) is 0.261. The highest BCUT2D eigenvalue weighted by Crippen LogP contribution is 2.26. The van der Waals surface area contributed by atoms with Crippen molar-refractivity contribution in [2.24, 2.45) is 0 Å². The van der Waals surface area contributed by atoms with Crippen LogP contribution in [0.25, 0.3) is 11.0 Å². The lowest BCUT2D eigenvalue weighted by atomic mass is 10.2. The third-order valence-corrected chi connectivity index (χ3v) is 5.67. The number of halogens is 1. The summed E-state index contributed by atoms with van der Waals surface area (Å²) in [6, 6.07) is 15.4. The molecule has 0 radical (unpaired) electrons. The van der Waals surface area contributed by atoms with Gasteiger partial charge in [-0.25, -0.2) is 19.0 Å². The van der Waals surface area contributed by atoms with E-state index in [1.165, 1.54) is 17.3 Å². The fourth-order valence-electron chi connectivity index (χ4n) is 3.97. The van der Waals surface area contributed by atoms with E-state index in [1.807, 2.05) is 6.07 Å². The summed E-state index contributed by atoms with van der Waals surface area (Å²) in [5.41, 5.74) is 3.84. The first-order valence-electron chi connectivity index (χ1n) is 10.2. The Kier molecular flexibility index (Phi) is 4.78. The highest BCUT2D eigenvalue weighted by atomic mass is 19.1. The van der Waals surface area contributed by atoms with Crippen molar-refractivity contribution >= 4 is 22.5 Å². The Hall–Kier alpha value is -3.48. The zero-order valence-corrected chi connectivity index (χ0v) is 16.9. The van der Waals surface area contributed by atoms with Gasteiger partial charge in [0.05, 0.1) is 18.1 Å². The smallest absolute Gasteiger partial charge is 0.163 e. The average Bonchev–Trinajstić information content (AvgIpc) is 3.19. The van der Waals surface area contributed by atoms with Gasteiger partial charge < -0.3 is 9.80 Å². The maximum Gasteiger partial charge on any atom is 0.163 e. The number of hydrogen-bond acceptors (Lipinski definition) is 5. The van der Waals surface area contributed by atoms with Crippen LogP contribution >= 0.6 is 0 Å². The lowest BCUT2D eigenvalue weighted by Crippen LogP contribution is -2.46. The Morgan fingerprint density at radius 1 is 0.900 bits per heavy atom. The van der Waals surface area contributed by atoms with Crippen molar-refractivity contribution in [2.75, 3.05) is 36.0 Å². The molecule has 4 aromatic rings. The predicted octanol–water partition coefficient (Wildman–Crippen LogP) is 3.65. The molecule has 0 atom stereocenters. The first kappa shape index (κ1) is 18.5. The van der Waals surface area contributed by atoms with Gasteiger partial charge in [-0.2, -0.15) is 5.10 Å². The van der Waals surface area contributed by atoms with Crippen LogP contribution in [0.4, 0.5) is 15.9 Å². The fourth-order valence-corrected chi connectivity index (χ4v) is 3.97. The van der Waals surface area contributed by atoms with E-state index in [1.54, 1.807) is 29.3 Å². The second kappa shape index (κ2) is 7.74. The van der Waals surface area contributed by atoms with Gasteiger partial charge in [0.1, 0.15) is 18.0 Å². The maximum absolute atomic E-state index is 14.1. The highest BCUT2D eigenvalue weighted by Gasteiger charge is 2.21. The molecule has 2 aromatic heterocycles. The van der Waals surface area contributed by atoms with Crippen molar-refractivity contribution in [1.29, 1.82) is 0 Å². The minimum Gasteiger partial charge on any atom is -0.368 e. The summed E-state index contributed by atoms with van der Waals surface area (Å²) < 4.78 is 15.8. The number of rotatable bonds is 4. The minimum absolute atomic E-state index is 0.234. The number of nitrogens with zero attached hydrogens (tertiary/aromatic N) is 6. The molecule has 0 bridgehead atoms. The molecule has 1 aliphatic rings. The first-order valence-corrected chi connectivity index (χ1v) is 10.2. The van der Waals surface area contributed by atoms with Gasteiger partial charge >= 0.3 is 0 Å². The SMILES string of the molecule is Cc1ccc(N2CCN(c3ncnc4c3cnn4Cc3ccccc3F)CC2)cc1. The van der Waals surface area contributed by atoms with Crippen LogP contribution in [0.3, 0.4) is 0 Å². The van der Waals surface area contributed by atoms with E-state index in [0.717, 1.165) is 43.0 Å². The van der Waals surface area contributed by atoms with Crippen molar-refractivity contribution in [3.8, 4) is 0 Å². The predicted molar refractivity (Wildman–Crippen MR) is 116 cm³/mol. The van der Waals surface area contributed by atoms with Crippen LogP contribution in [0.1, 0.15) is 11.1 Å². The van der Waals surface area contributed by atoms with Gasteiger partial charge in [-0.05, 0) is 25.1 Å². The number of piperazine rings is 1. The maximum atomic E-state index is 14.1. The number of hydrogen-bond donors (Lipinski definition) is 0. The second-order valence-corrected chi connectivity index (χ2v) is 7.64. The molecule has 6 nitrogen and oxygen atoms in total. The summed E-state index contributed by atoms with van der Waals surface area (Å²) in [5, 5.41) is 5.37. The van der Waals surface area contributed by atoms with Crippen molar-refractivity contribution in [3.05, 3.63) is 78.0 Å². The normalized spacial score (nSPS) is 14.5. The number of aromatic nitrogens is 4. The van der Waals surface area contributed by atoms with Crippen molar-refractivity contribution in [1.82, 2.24) is 19.7 Å². The van der Waals surface area contributed by atoms with E-state index in [0.29, 0.717) is 12.1 Å². The molecule has 1 aliphatic heterocycles. The molecular formula is C23H23FN6. The van der Waals surface area contributed by atoms with Crippen LogP contribution in [-0.2, 0) is 6.54 Å². The summed E-state index contributed by atoms with van der Waals surface area (Å²) in [7, 11) is 0. The topological polar surface area (TPSA) is 50.1 Å². The van der Waals surface area contributed by atoms with E-state index >= 15 is 0 Å². The number of benzene rings is 2. The molecule has 0 saturated carbocycles. The highest BCUT2D eigenvalue weighted by molar-refractivity contribution is 5.86. The van der Waals surface area contributed by atoms with E-state index in [4.69, 9.17) is 0 Å². The van der Waals surface area contributed by atoms with Crippen molar-refractivity contribution in [2.45, 2.75) is 13.5 Å². The van der Waals surface area contributed by atoms with Crippen LogP contribution in [0.5, 0.6) is 0 Å². The summed E-state index contributed by atoms with van der Waals surface area (Å²) in [6.07, 6.45) is 3.36. The minimum atomic E-state index is -0.234. The monoisotopic (exact) mass is 402 g/mol. The zero-order valence-electron chi connectivity index (χ0n) is 16.9. The molecule has 2 aromatic carbocycles. The Morgan fingerprint density at radius 3 is 2.40 bits per heavy atom. The lowest BCUT2D eigenvalue weighted by Gasteiger charge is -2.36. The summed E-state index contributed by atoms with van der Waals surface area (Å²) >= 11 is 0. The van der Waals surface area contributed by atoms with Crippen LogP contribution in [0.2, 0.25) is 0 Å². The molecule has 30 heavy (non-hydrogen) atoms. The molecule has 152 valence electrons. The molecular weight excluding hydrogens is 379 g/mol. The van der Waals surface area contributed by atoms with Crippen LogP contribution < -0.4 is 9.80 Å². The van der Waals surface area contributed by atoms with E-state index in [9.17, 15) is 4.39 Å². The van der Waals surface area contributed by atoms with Gasteiger partial charge in [0, 0.05) is 37.4 Å². The van der Waals surface area contributed by atoms with E-state index in [-0.39, 0.29) is 5.82 Å². The quantitative estimate of drug-likeness (QED) is 0.522. The summed E-state index contributed by atoms with van der Waals surface area (Å²) in [4.78, 5) is 13.7. The molecule has 1 fully saturated rings. The van der Waals surface area contributed by atoms with Gasteiger partial charge in [0.25, 0.3) is 0 Å². The molecule has 1 saturated heterocycles. The number of anilines is 2. The Labute approximate surface area is 174 Å². The standard InChI is InChI=1S/C23H23FN6/c1-17-6-8-19(9-7-17)28-10-12-29(13-11-28)22-20-14-27-30(23(20)26-16-25-22)15-18-4-2-3-5-21(18)24/h2-9,14,16H,10-13,15H2,1H3. The van der Waals surface area contributed by atoms with Gasteiger partial charge in [-0.15, -0.1) is 0 Å². The number of aryl methyl sites for hydroxylation is 1. The largest absolute Gasteiger partial charge is 0.368 e. The molecule has 0 unspecified atom stereocenters. The third-order valence-electron chi connectivity index (χ3n) is 5.67. The lowest BCUT2D eigenvalue weighted by molar-refractivity contribution is 0.589. The molecule has 0 spiro atoms. The van der Waals surface area contributed by atoms with Gasteiger partial charge in [-0.1, -0.05) is 35.9 Å². The Morgan fingerprint density at radius 2 is 1.63 bits per heavy atom. The van der Waals surface area contributed by atoms with Crippen LogP contribution in [0, 0.1) is 12.7 Å². The molecule has 7 heteroatoms. The zero-order chi connectivity index (χ0) is 20.5. The van der Waals surface area contributed by atoms with Crippen molar-refractivity contribution in [3.63, 3.8) is 0 Å². The molecule has 0 amide bonds. The first-order chi connectivity index (χ1) is 14.7. The molecule has 0 N–H and O–H groups in total. The van der Waals surface area contributed by atoms with Crippen LogP contribution in [-0.4, -0.2) is 45.9 Å². The summed E-state index contributed by atoms with van der Waals surface area (Å²) in [6.45, 7) is 6.05. The van der Waals surface area contributed by atoms with Crippen molar-refractivity contribution < 1.29 is 4.39 Å². The van der Waals surface area contributed by atoms with E-state index < -0.39 is 0 Å². The van der Waals surface area contributed by atoms with Gasteiger partial charge in [-0.3, -0.25) is 0 Å². The molecule has 5 rings (SSSR count). The van der Waals surface area contributed by atoms with Gasteiger partial charge in [0.2, 0.25) is 0 Å². The molecule has 3 heterocycles. The van der Waals surface area contributed by atoms with Gasteiger partial charge in [0.15, 0.2) is 5.65 Å².